The molecule has 1 aromatic carbocycles. The van der Waals surface area contributed by atoms with Crippen molar-refractivity contribution in [2.24, 2.45) is 0 Å². The van der Waals surface area contributed by atoms with Crippen LogP contribution in [0.25, 0.3) is 0 Å². The minimum Gasteiger partial charge on any atom is -0.505 e. The van der Waals surface area contributed by atoms with Gasteiger partial charge in [-0.1, -0.05) is 6.07 Å². The molecule has 3 heteroatoms. The maximum atomic E-state index is 12.6. The number of nitrogens with one attached hydrogen (secondary N) is 1. The average Bonchev–Trinajstić information content (AvgIpc) is 2.08. The zero-order valence-electron chi connectivity index (χ0n) is 7.13. The summed E-state index contributed by atoms with van der Waals surface area (Å²) >= 11 is 0. The lowest BCUT2D eigenvalue weighted by atomic mass is 10.1. The molecule has 0 aliphatic heterocycles. The standard InChI is InChI=1S/C9H12FNO/c1-6(11-2)7-3-4-8(10)9(12)5-7/h3-6,11-12H,1-2H3. The summed E-state index contributed by atoms with van der Waals surface area (Å²) in [7, 11) is 1.81. The van der Waals surface area contributed by atoms with Gasteiger partial charge in [0.1, 0.15) is 0 Å². The molecule has 66 valence electrons. The maximum absolute atomic E-state index is 12.6. The number of aromatic hydroxyl groups is 1. The SMILES string of the molecule is CNC(C)c1ccc(F)c(O)c1. The quantitative estimate of drug-likeness (QED) is 0.707. The number of hydrogen-bond donors (Lipinski definition) is 2. The highest BCUT2D eigenvalue weighted by atomic mass is 19.1. The van der Waals surface area contributed by atoms with Gasteiger partial charge >= 0.3 is 0 Å². The van der Waals surface area contributed by atoms with Gasteiger partial charge in [0, 0.05) is 6.04 Å². The minimum absolute atomic E-state index is 0.122. The molecular formula is C9H12FNO. The molecule has 2 nitrogen and oxygen atoms in total. The van der Waals surface area contributed by atoms with Gasteiger partial charge in [0.25, 0.3) is 0 Å². The van der Waals surface area contributed by atoms with E-state index in [1.54, 1.807) is 6.07 Å². The number of halogens is 1. The van der Waals surface area contributed by atoms with E-state index in [1.807, 2.05) is 14.0 Å². The number of phenolic OH excluding ortho intramolecular Hbond substituents is 1. The zero-order valence-corrected chi connectivity index (χ0v) is 7.13. The number of hydrogen-bond acceptors (Lipinski definition) is 2. The number of rotatable bonds is 2. The van der Waals surface area contributed by atoms with Crippen LogP contribution < -0.4 is 5.32 Å². The highest BCUT2D eigenvalue weighted by molar-refractivity contribution is 5.30. The maximum Gasteiger partial charge on any atom is 0.164 e. The molecule has 0 saturated heterocycles. The van der Waals surface area contributed by atoms with Crippen LogP contribution in [0.2, 0.25) is 0 Å². The first-order chi connectivity index (χ1) is 5.65. The lowest BCUT2D eigenvalue weighted by Gasteiger charge is -2.10. The molecule has 0 fully saturated rings. The fourth-order valence-corrected chi connectivity index (χ4v) is 0.966. The summed E-state index contributed by atoms with van der Waals surface area (Å²) in [6.07, 6.45) is 0. The Morgan fingerprint density at radius 3 is 2.67 bits per heavy atom. The molecule has 0 bridgehead atoms. The van der Waals surface area contributed by atoms with E-state index in [0.29, 0.717) is 0 Å². The van der Waals surface area contributed by atoms with E-state index >= 15 is 0 Å². The van der Waals surface area contributed by atoms with Crippen molar-refractivity contribution in [1.29, 1.82) is 0 Å². The fraction of sp³-hybridized carbons (Fsp3) is 0.333. The molecule has 0 amide bonds. The van der Waals surface area contributed by atoms with Crippen LogP contribution in [-0.4, -0.2) is 12.2 Å². The Morgan fingerprint density at radius 1 is 1.50 bits per heavy atom. The van der Waals surface area contributed by atoms with Crippen molar-refractivity contribution in [2.75, 3.05) is 7.05 Å². The molecule has 1 rings (SSSR count). The lowest BCUT2D eigenvalue weighted by Crippen LogP contribution is -2.12. The second-order valence-electron chi connectivity index (χ2n) is 2.72. The second kappa shape index (κ2) is 3.54. The van der Waals surface area contributed by atoms with Crippen LogP contribution >= 0.6 is 0 Å². The zero-order chi connectivity index (χ0) is 9.14. The summed E-state index contributed by atoms with van der Waals surface area (Å²) in [6, 6.07) is 4.46. The largest absolute Gasteiger partial charge is 0.505 e. The minimum atomic E-state index is -0.581. The third-order valence-electron chi connectivity index (χ3n) is 1.90. The van der Waals surface area contributed by atoms with Crippen molar-refractivity contribution < 1.29 is 9.50 Å². The number of phenols is 1. The van der Waals surface area contributed by atoms with Gasteiger partial charge in [-0.05, 0) is 31.7 Å². The molecule has 0 saturated carbocycles. The van der Waals surface area contributed by atoms with Gasteiger partial charge in [-0.3, -0.25) is 0 Å². The summed E-state index contributed by atoms with van der Waals surface area (Å²) < 4.78 is 12.6. The predicted molar refractivity (Wildman–Crippen MR) is 45.5 cm³/mol. The summed E-state index contributed by atoms with van der Waals surface area (Å²) in [5.74, 6) is -0.878. The van der Waals surface area contributed by atoms with Crippen LogP contribution in [0.3, 0.4) is 0 Å². The monoisotopic (exact) mass is 169 g/mol. The van der Waals surface area contributed by atoms with Crippen LogP contribution in [0.1, 0.15) is 18.5 Å². The Kier molecular flexibility index (Phi) is 2.65. The van der Waals surface area contributed by atoms with E-state index in [2.05, 4.69) is 5.32 Å². The molecule has 0 heterocycles. The Labute approximate surface area is 71.0 Å². The molecule has 0 radical (unpaired) electrons. The van der Waals surface area contributed by atoms with Crippen LogP contribution in [0, 0.1) is 5.82 Å². The van der Waals surface area contributed by atoms with E-state index < -0.39 is 5.82 Å². The fourth-order valence-electron chi connectivity index (χ4n) is 0.966. The topological polar surface area (TPSA) is 32.3 Å². The molecule has 1 aromatic rings. The van der Waals surface area contributed by atoms with Crippen molar-refractivity contribution in [1.82, 2.24) is 5.32 Å². The van der Waals surface area contributed by atoms with Gasteiger partial charge < -0.3 is 10.4 Å². The molecule has 0 spiro atoms. The molecule has 2 N–H and O–H groups in total. The van der Waals surface area contributed by atoms with Gasteiger partial charge in [-0.2, -0.15) is 0 Å². The van der Waals surface area contributed by atoms with E-state index in [9.17, 15) is 4.39 Å². The molecule has 0 aliphatic rings. The van der Waals surface area contributed by atoms with Crippen LogP contribution in [0.5, 0.6) is 5.75 Å². The van der Waals surface area contributed by atoms with E-state index in [0.717, 1.165) is 5.56 Å². The van der Waals surface area contributed by atoms with Crippen LogP contribution in [0.15, 0.2) is 18.2 Å². The molecule has 0 aliphatic carbocycles. The van der Waals surface area contributed by atoms with E-state index in [-0.39, 0.29) is 11.8 Å². The highest BCUT2D eigenvalue weighted by Crippen LogP contribution is 2.20. The Hall–Kier alpha value is -1.09. The van der Waals surface area contributed by atoms with Gasteiger partial charge in [0.15, 0.2) is 11.6 Å². The molecular weight excluding hydrogens is 157 g/mol. The first-order valence-corrected chi connectivity index (χ1v) is 3.81. The average molecular weight is 169 g/mol. The molecule has 1 atom stereocenters. The van der Waals surface area contributed by atoms with Gasteiger partial charge in [-0.15, -0.1) is 0 Å². The molecule has 0 aromatic heterocycles. The summed E-state index contributed by atoms with van der Waals surface area (Å²) in [5, 5.41) is 12.0. The number of benzene rings is 1. The first kappa shape index (κ1) is 9.00. The summed E-state index contributed by atoms with van der Waals surface area (Å²) in [4.78, 5) is 0. The van der Waals surface area contributed by atoms with Crippen molar-refractivity contribution in [3.8, 4) is 5.75 Å². The van der Waals surface area contributed by atoms with Crippen molar-refractivity contribution in [2.45, 2.75) is 13.0 Å². The second-order valence-corrected chi connectivity index (χ2v) is 2.72. The predicted octanol–water partition coefficient (Wildman–Crippen LogP) is 1.81. The Morgan fingerprint density at radius 2 is 2.17 bits per heavy atom. The third-order valence-corrected chi connectivity index (χ3v) is 1.90. The smallest absolute Gasteiger partial charge is 0.164 e. The van der Waals surface area contributed by atoms with E-state index in [4.69, 9.17) is 5.11 Å². The molecule has 1 unspecified atom stereocenters. The van der Waals surface area contributed by atoms with Gasteiger partial charge in [0.05, 0.1) is 0 Å². The van der Waals surface area contributed by atoms with Gasteiger partial charge in [-0.25, -0.2) is 4.39 Å². The van der Waals surface area contributed by atoms with E-state index in [1.165, 1.54) is 12.1 Å². The van der Waals surface area contributed by atoms with Crippen molar-refractivity contribution in [3.63, 3.8) is 0 Å². The normalized spacial score (nSPS) is 12.9. The van der Waals surface area contributed by atoms with Crippen molar-refractivity contribution >= 4 is 0 Å². The summed E-state index contributed by atoms with van der Waals surface area (Å²) in [6.45, 7) is 1.94. The Bertz CT molecular complexity index is 275. The highest BCUT2D eigenvalue weighted by Gasteiger charge is 2.05. The summed E-state index contributed by atoms with van der Waals surface area (Å²) in [5.41, 5.74) is 0.872. The van der Waals surface area contributed by atoms with Crippen molar-refractivity contribution in [3.05, 3.63) is 29.6 Å². The van der Waals surface area contributed by atoms with Crippen LogP contribution in [-0.2, 0) is 0 Å². The lowest BCUT2D eigenvalue weighted by molar-refractivity contribution is 0.430. The van der Waals surface area contributed by atoms with Gasteiger partial charge in [0.2, 0.25) is 0 Å². The Balaban J connectivity index is 2.96. The molecule has 12 heavy (non-hydrogen) atoms. The third kappa shape index (κ3) is 1.74. The van der Waals surface area contributed by atoms with Crippen LogP contribution in [0.4, 0.5) is 4.39 Å². The first-order valence-electron chi connectivity index (χ1n) is 3.81.